The van der Waals surface area contributed by atoms with E-state index >= 15 is 0 Å². The fourth-order valence-electron chi connectivity index (χ4n) is 1.52. The van der Waals surface area contributed by atoms with Crippen LogP contribution in [0.25, 0.3) is 0 Å². The Hall–Kier alpha value is 0.680. The molecule has 0 aromatic heterocycles. The molecule has 0 aliphatic rings. The van der Waals surface area contributed by atoms with Crippen LogP contribution in [0.15, 0.2) is 21.9 Å². The van der Waals surface area contributed by atoms with Gasteiger partial charge in [-0.2, -0.15) is 4.33 Å². The Morgan fingerprint density at radius 3 is 2.52 bits per heavy atom. The summed E-state index contributed by atoms with van der Waals surface area (Å²) in [7, 11) is -2.06. The Bertz CT molecular complexity index is 566. The summed E-state index contributed by atoms with van der Waals surface area (Å²) in [6.45, 7) is 3.28. The molecule has 0 N–H and O–H groups in total. The molecule has 0 aliphatic heterocycles. The second-order valence-electron chi connectivity index (χ2n) is 4.00. The van der Waals surface area contributed by atoms with Crippen LogP contribution in [0, 0.1) is 6.92 Å². The van der Waals surface area contributed by atoms with Crippen LogP contribution in [-0.2, 0) is 19.2 Å². The van der Waals surface area contributed by atoms with Gasteiger partial charge < -0.3 is 9.99 Å². The molecular weight excluding hydrogens is 395 g/mol. The van der Waals surface area contributed by atoms with E-state index in [1.807, 2.05) is 0 Å². The van der Waals surface area contributed by atoms with Gasteiger partial charge in [0.15, 0.2) is 9.84 Å². The average Bonchev–Trinajstić information content (AvgIpc) is 2.43. The van der Waals surface area contributed by atoms with Crippen LogP contribution in [0.1, 0.15) is 12.5 Å². The summed E-state index contributed by atoms with van der Waals surface area (Å²) in [5.41, 5.74) is 0.538. The van der Waals surface area contributed by atoms with Crippen molar-refractivity contribution in [2.45, 2.75) is 28.9 Å². The van der Waals surface area contributed by atoms with Gasteiger partial charge in [-0.1, -0.05) is 15.9 Å². The molecule has 1 aromatic carbocycles. The molecule has 0 bridgehead atoms. The third-order valence-electron chi connectivity index (χ3n) is 2.67. The van der Waals surface area contributed by atoms with Gasteiger partial charge in [-0.25, -0.2) is 8.42 Å². The van der Waals surface area contributed by atoms with Crippen molar-refractivity contribution in [1.29, 1.82) is 0 Å². The molecule has 114 valence electrons. The number of benzene rings is 1. The predicted molar refractivity (Wildman–Crippen MR) is 76.2 cm³/mol. The molecule has 0 amide bonds. The summed E-state index contributed by atoms with van der Waals surface area (Å²) in [6, 6.07) is 2.98. The molecular formula is C11H14BrNaO6S2. The van der Waals surface area contributed by atoms with Gasteiger partial charge in [0.1, 0.15) is 5.75 Å². The number of alkyl halides is 1. The van der Waals surface area contributed by atoms with Crippen LogP contribution in [0.4, 0.5) is 0 Å². The third-order valence-corrected chi connectivity index (χ3v) is 6.97. The Balaban J connectivity index is 0.00000400. The van der Waals surface area contributed by atoms with Gasteiger partial charge in [0.25, 0.3) is 0 Å². The second-order valence-corrected chi connectivity index (χ2v) is 7.72. The van der Waals surface area contributed by atoms with E-state index in [9.17, 15) is 13.7 Å². The van der Waals surface area contributed by atoms with Crippen LogP contribution in [0.3, 0.4) is 0 Å². The van der Waals surface area contributed by atoms with Crippen molar-refractivity contribution in [3.63, 3.8) is 0 Å². The minimum atomic E-state index is -3.46. The summed E-state index contributed by atoms with van der Waals surface area (Å²) in [6.07, 6.45) is 0. The van der Waals surface area contributed by atoms with Crippen molar-refractivity contribution < 1.29 is 57.3 Å². The monoisotopic (exact) mass is 408 g/mol. The van der Waals surface area contributed by atoms with Crippen molar-refractivity contribution >= 4 is 37.8 Å². The Kier molecular flexibility index (Phi) is 10.1. The molecule has 6 nitrogen and oxygen atoms in total. The Labute approximate surface area is 158 Å². The first-order chi connectivity index (χ1) is 9.38. The van der Waals surface area contributed by atoms with Gasteiger partial charge in [0.05, 0.1) is 34.2 Å². The molecule has 21 heavy (non-hydrogen) atoms. The van der Waals surface area contributed by atoms with Gasteiger partial charge in [-0.15, -0.1) is 0 Å². The first-order valence-electron chi connectivity index (χ1n) is 5.50. The summed E-state index contributed by atoms with van der Waals surface area (Å²) < 4.78 is 34.1. The summed E-state index contributed by atoms with van der Waals surface area (Å²) in [5.74, 6) is 0.290. The van der Waals surface area contributed by atoms with Crippen molar-refractivity contribution in [3.8, 4) is 5.75 Å². The molecule has 0 spiro atoms. The summed E-state index contributed by atoms with van der Waals surface area (Å²) >= 11 is 3.83. The van der Waals surface area contributed by atoms with Gasteiger partial charge in [0.2, 0.25) is 0 Å². The quantitative estimate of drug-likeness (QED) is 0.184. The molecule has 1 aromatic rings. The number of ether oxygens (including phenoxy) is 1. The van der Waals surface area contributed by atoms with E-state index in [1.165, 1.54) is 13.2 Å². The fraction of sp³-hybridized carbons (Fsp3) is 0.455. The van der Waals surface area contributed by atoms with Crippen molar-refractivity contribution in [3.05, 3.63) is 17.7 Å². The molecule has 0 saturated heterocycles. The van der Waals surface area contributed by atoms with Gasteiger partial charge in [-0.3, -0.25) is 5.04 Å². The molecule has 0 radical (unpaired) electrons. The zero-order chi connectivity index (χ0) is 15.3. The molecule has 0 heterocycles. The predicted octanol–water partition coefficient (Wildman–Crippen LogP) is -1.20. The van der Waals surface area contributed by atoms with Crippen LogP contribution in [0.2, 0.25) is 0 Å². The number of hydrogen-bond donors (Lipinski definition) is 0. The zero-order valence-electron chi connectivity index (χ0n) is 12.1. The first kappa shape index (κ1) is 21.7. The molecule has 1 rings (SSSR count). The smallest absolute Gasteiger partial charge is 0.691 e. The molecule has 1 unspecified atom stereocenters. The summed E-state index contributed by atoms with van der Waals surface area (Å²) in [5, 5.41) is 12.9. The fourth-order valence-corrected chi connectivity index (χ4v) is 4.50. The number of aryl methyl sites for hydroxylation is 1. The van der Waals surface area contributed by atoms with Gasteiger partial charge in [0, 0.05) is 11.4 Å². The third kappa shape index (κ3) is 5.36. The van der Waals surface area contributed by atoms with Crippen LogP contribution in [0.5, 0.6) is 5.75 Å². The maximum absolute atomic E-state index is 12.4. The standard InChI is InChI=1S/C11H15BrO6S2.Na/c1-7-4-10(19-18-17-13)9(16-3)5-11(7)20(14,15)8(2)6-12;/h4-5,8,13H,6H2,1-3H3;/q;+1/p-1. The van der Waals surface area contributed by atoms with Crippen molar-refractivity contribution in [2.75, 3.05) is 12.4 Å². The number of sulfone groups is 1. The van der Waals surface area contributed by atoms with Crippen LogP contribution < -0.4 is 39.6 Å². The van der Waals surface area contributed by atoms with E-state index in [0.29, 0.717) is 27.8 Å². The molecule has 1 atom stereocenters. The number of methoxy groups -OCH3 is 1. The van der Waals surface area contributed by atoms with Gasteiger partial charge >= 0.3 is 29.6 Å². The number of rotatable bonds is 7. The summed E-state index contributed by atoms with van der Waals surface area (Å²) in [4.78, 5) is 0.639. The topological polar surface area (TPSA) is 84.9 Å². The molecule has 0 saturated carbocycles. The first-order valence-corrected chi connectivity index (χ1v) is 8.91. The second kappa shape index (κ2) is 9.74. The van der Waals surface area contributed by atoms with Crippen LogP contribution >= 0.6 is 28.0 Å². The molecule has 0 aliphatic carbocycles. The van der Waals surface area contributed by atoms with Crippen LogP contribution in [-0.4, -0.2) is 26.1 Å². The minimum Gasteiger partial charge on any atom is -0.691 e. The van der Waals surface area contributed by atoms with E-state index in [-0.39, 0.29) is 40.2 Å². The normalized spacial score (nSPS) is 12.6. The number of hydrogen-bond acceptors (Lipinski definition) is 7. The Morgan fingerprint density at radius 2 is 2.05 bits per heavy atom. The SMILES string of the molecule is COc1cc(S(=O)(=O)C(C)CBr)c(C)cc1SOO[O-].[Na+]. The maximum atomic E-state index is 12.4. The van der Waals surface area contributed by atoms with Gasteiger partial charge in [-0.05, 0) is 25.5 Å². The zero-order valence-corrected chi connectivity index (χ0v) is 17.3. The largest absolute Gasteiger partial charge is 1.00 e. The van der Waals surface area contributed by atoms with Crippen molar-refractivity contribution in [1.82, 2.24) is 0 Å². The maximum Gasteiger partial charge on any atom is 1.00 e. The average molecular weight is 409 g/mol. The minimum absolute atomic E-state index is 0. The van der Waals surface area contributed by atoms with E-state index in [2.05, 4.69) is 25.3 Å². The van der Waals surface area contributed by atoms with Crippen molar-refractivity contribution in [2.24, 2.45) is 0 Å². The van der Waals surface area contributed by atoms with E-state index in [0.717, 1.165) is 0 Å². The van der Waals surface area contributed by atoms with E-state index in [1.54, 1.807) is 19.9 Å². The molecule has 0 fully saturated rings. The molecule has 10 heteroatoms. The van der Waals surface area contributed by atoms with E-state index < -0.39 is 15.1 Å². The number of halogens is 1. The Morgan fingerprint density at radius 1 is 1.43 bits per heavy atom. The van der Waals surface area contributed by atoms with E-state index in [4.69, 9.17) is 4.74 Å².